The lowest BCUT2D eigenvalue weighted by Gasteiger charge is -2.35. The number of benzene rings is 1. The van der Waals surface area contributed by atoms with Gasteiger partial charge in [0.25, 0.3) is 5.91 Å². The van der Waals surface area contributed by atoms with E-state index in [1.54, 1.807) is 6.92 Å². The fourth-order valence-corrected chi connectivity index (χ4v) is 3.19. The molecule has 2 rings (SSSR count). The molecule has 4 atom stereocenters. The van der Waals surface area contributed by atoms with Crippen molar-refractivity contribution < 1.29 is 28.6 Å². The number of hydrogen-bond donors (Lipinski definition) is 4. The maximum atomic E-state index is 14.0. The molecule has 0 spiro atoms. The van der Waals surface area contributed by atoms with Crippen LogP contribution in [0.25, 0.3) is 0 Å². The number of amides is 2. The lowest BCUT2D eigenvalue weighted by molar-refractivity contribution is -0.157. The summed E-state index contributed by atoms with van der Waals surface area (Å²) in [6, 6.07) is 1.12. The average Bonchev–Trinajstić information content (AvgIpc) is 2.73. The molecule has 9 nitrogen and oxygen atoms in total. The molecule has 0 saturated carbocycles. The fourth-order valence-electron chi connectivity index (χ4n) is 3.19. The summed E-state index contributed by atoms with van der Waals surface area (Å²) in [6.45, 7) is 7.02. The van der Waals surface area contributed by atoms with Gasteiger partial charge in [-0.05, 0) is 50.8 Å². The van der Waals surface area contributed by atoms with Crippen LogP contribution < -0.4 is 16.5 Å². The van der Waals surface area contributed by atoms with Gasteiger partial charge < -0.3 is 20.9 Å². The van der Waals surface area contributed by atoms with Gasteiger partial charge in [-0.15, -0.1) is 0 Å². The number of halogens is 1. The van der Waals surface area contributed by atoms with Gasteiger partial charge in [0.15, 0.2) is 0 Å². The van der Waals surface area contributed by atoms with Crippen LogP contribution in [0.15, 0.2) is 18.2 Å². The Labute approximate surface area is 181 Å². The molecular formula is C21H31FN4O5. The summed E-state index contributed by atoms with van der Waals surface area (Å²) in [5.74, 6) is -2.30. The van der Waals surface area contributed by atoms with E-state index in [0.29, 0.717) is 19.4 Å². The van der Waals surface area contributed by atoms with Crippen LogP contribution in [-0.4, -0.2) is 52.6 Å². The number of ether oxygens (including phenoxy) is 1. The summed E-state index contributed by atoms with van der Waals surface area (Å²) in [5, 5.41) is 13.4. The summed E-state index contributed by atoms with van der Waals surface area (Å²) in [7, 11) is 0. The minimum Gasteiger partial charge on any atom is -0.508 e. The van der Waals surface area contributed by atoms with E-state index in [2.05, 4.69) is 10.7 Å². The van der Waals surface area contributed by atoms with Crippen molar-refractivity contribution in [3.8, 4) is 5.75 Å². The molecule has 1 fully saturated rings. The van der Waals surface area contributed by atoms with Gasteiger partial charge >= 0.3 is 5.97 Å². The second-order valence-corrected chi connectivity index (χ2v) is 8.10. The van der Waals surface area contributed by atoms with Crippen molar-refractivity contribution in [3.63, 3.8) is 0 Å². The van der Waals surface area contributed by atoms with E-state index in [1.807, 2.05) is 13.8 Å². The van der Waals surface area contributed by atoms with Crippen LogP contribution in [0.2, 0.25) is 0 Å². The maximum absolute atomic E-state index is 14.0. The highest BCUT2D eigenvalue weighted by atomic mass is 19.1. The van der Waals surface area contributed by atoms with Crippen LogP contribution in [-0.2, 0) is 19.1 Å². The largest absolute Gasteiger partial charge is 0.508 e. The second kappa shape index (κ2) is 10.5. The van der Waals surface area contributed by atoms with Gasteiger partial charge in [0.1, 0.15) is 29.8 Å². The number of nitrogens with one attached hydrogen (secondary N) is 2. The highest BCUT2D eigenvalue weighted by Gasteiger charge is 2.33. The number of aromatic hydroxyl groups is 1. The highest BCUT2D eigenvalue weighted by Crippen LogP contribution is 2.25. The van der Waals surface area contributed by atoms with E-state index >= 15 is 0 Å². The van der Waals surface area contributed by atoms with E-state index in [0.717, 1.165) is 6.07 Å². The Hall–Kier alpha value is -2.72. The molecule has 0 aliphatic carbocycles. The predicted molar refractivity (Wildman–Crippen MR) is 111 cm³/mol. The van der Waals surface area contributed by atoms with Gasteiger partial charge in [0, 0.05) is 12.1 Å². The summed E-state index contributed by atoms with van der Waals surface area (Å²) in [6.07, 6.45) is 0.0410. The van der Waals surface area contributed by atoms with Crippen LogP contribution >= 0.6 is 0 Å². The molecule has 0 radical (unpaired) electrons. The lowest BCUT2D eigenvalue weighted by Crippen LogP contribution is -2.60. The quantitative estimate of drug-likeness (QED) is 0.469. The standard InChI is InChI=1S/C21H31FN4O5/c1-11(2)18(23)19(28)24-12(3)20(29)26-9-5-6-17(25-26)21(30)31-13(4)15-10-14(27)7-8-16(15)22/h7-8,10-13,17-18,25,27H,5-6,9,23H2,1-4H3,(H,24,28)/t12-,13+,17-,18?/m0/s1. The van der Waals surface area contributed by atoms with Crippen LogP contribution in [0.3, 0.4) is 0 Å². The van der Waals surface area contributed by atoms with Crippen molar-refractivity contribution in [2.75, 3.05) is 6.54 Å². The van der Waals surface area contributed by atoms with Crippen molar-refractivity contribution in [1.29, 1.82) is 0 Å². The topological polar surface area (TPSA) is 134 Å². The zero-order chi connectivity index (χ0) is 23.3. The van der Waals surface area contributed by atoms with Crippen molar-refractivity contribution in [2.45, 2.75) is 64.8 Å². The SMILES string of the molecule is CC(C)C(N)C(=O)N[C@@H](C)C(=O)N1CCC[C@@H](C(=O)O[C@H](C)c2cc(O)ccc2F)N1. The number of nitrogens with zero attached hydrogens (tertiary/aromatic N) is 1. The number of carbonyl (C=O) groups excluding carboxylic acids is 3. The highest BCUT2D eigenvalue weighted by molar-refractivity contribution is 5.89. The zero-order valence-corrected chi connectivity index (χ0v) is 18.2. The Morgan fingerprint density at radius 2 is 1.97 bits per heavy atom. The molecule has 0 bridgehead atoms. The van der Waals surface area contributed by atoms with Crippen molar-refractivity contribution >= 4 is 17.8 Å². The molecule has 1 aromatic rings. The lowest BCUT2D eigenvalue weighted by atomic mass is 10.0. The van der Waals surface area contributed by atoms with E-state index in [1.165, 1.54) is 24.1 Å². The molecule has 31 heavy (non-hydrogen) atoms. The second-order valence-electron chi connectivity index (χ2n) is 8.10. The third-order valence-corrected chi connectivity index (χ3v) is 5.20. The molecule has 0 aromatic heterocycles. The predicted octanol–water partition coefficient (Wildman–Crippen LogP) is 1.12. The first-order chi connectivity index (χ1) is 14.5. The first kappa shape index (κ1) is 24.5. The number of phenols is 1. The van der Waals surface area contributed by atoms with Gasteiger partial charge in [-0.2, -0.15) is 0 Å². The number of hydrogen-bond acceptors (Lipinski definition) is 7. The molecule has 172 valence electrons. The number of esters is 1. The minimum absolute atomic E-state index is 0.0508. The van der Waals surface area contributed by atoms with E-state index in [9.17, 15) is 23.9 Å². The number of nitrogens with two attached hydrogens (primary N) is 1. The van der Waals surface area contributed by atoms with Crippen molar-refractivity contribution in [3.05, 3.63) is 29.6 Å². The Balaban J connectivity index is 1.96. The van der Waals surface area contributed by atoms with Crippen molar-refractivity contribution in [2.24, 2.45) is 11.7 Å². The smallest absolute Gasteiger partial charge is 0.325 e. The van der Waals surface area contributed by atoms with Gasteiger partial charge in [-0.25, -0.2) is 9.82 Å². The molecule has 1 aromatic carbocycles. The molecule has 1 unspecified atom stereocenters. The monoisotopic (exact) mass is 438 g/mol. The molecule has 2 amide bonds. The Morgan fingerprint density at radius 3 is 2.61 bits per heavy atom. The van der Waals surface area contributed by atoms with Gasteiger partial charge in [-0.1, -0.05) is 13.8 Å². The molecule has 10 heteroatoms. The Kier molecular flexibility index (Phi) is 8.35. The van der Waals surface area contributed by atoms with Gasteiger partial charge in [0.2, 0.25) is 5.91 Å². The molecule has 1 heterocycles. The first-order valence-electron chi connectivity index (χ1n) is 10.3. The third-order valence-electron chi connectivity index (χ3n) is 5.20. The van der Waals surface area contributed by atoms with Crippen LogP contribution in [0.1, 0.15) is 52.2 Å². The third kappa shape index (κ3) is 6.38. The van der Waals surface area contributed by atoms with Crippen LogP contribution in [0.5, 0.6) is 5.75 Å². The summed E-state index contributed by atoms with van der Waals surface area (Å²) >= 11 is 0. The van der Waals surface area contributed by atoms with E-state index in [-0.39, 0.29) is 17.2 Å². The first-order valence-corrected chi connectivity index (χ1v) is 10.3. The van der Waals surface area contributed by atoms with E-state index in [4.69, 9.17) is 10.5 Å². The van der Waals surface area contributed by atoms with Crippen LogP contribution in [0.4, 0.5) is 4.39 Å². The molecule has 1 saturated heterocycles. The number of hydrazine groups is 1. The fraction of sp³-hybridized carbons (Fsp3) is 0.571. The van der Waals surface area contributed by atoms with Gasteiger partial charge in [0.05, 0.1) is 6.04 Å². The Morgan fingerprint density at radius 1 is 1.29 bits per heavy atom. The van der Waals surface area contributed by atoms with Gasteiger partial charge in [-0.3, -0.25) is 19.4 Å². The molecular weight excluding hydrogens is 407 g/mol. The molecule has 1 aliphatic rings. The minimum atomic E-state index is -0.928. The normalized spacial score (nSPS) is 19.5. The van der Waals surface area contributed by atoms with E-state index < -0.39 is 47.8 Å². The maximum Gasteiger partial charge on any atom is 0.325 e. The summed E-state index contributed by atoms with van der Waals surface area (Å²) in [4.78, 5) is 37.4. The summed E-state index contributed by atoms with van der Waals surface area (Å²) < 4.78 is 19.3. The van der Waals surface area contributed by atoms with Crippen molar-refractivity contribution in [1.82, 2.24) is 15.8 Å². The molecule has 5 N–H and O–H groups in total. The average molecular weight is 439 g/mol. The van der Waals surface area contributed by atoms with Crippen LogP contribution in [0, 0.1) is 11.7 Å². The number of carbonyl (C=O) groups is 3. The number of rotatable bonds is 7. The zero-order valence-electron chi connectivity index (χ0n) is 18.2. The number of phenolic OH excluding ortho intramolecular Hbond substituents is 1. The summed E-state index contributed by atoms with van der Waals surface area (Å²) in [5.41, 5.74) is 8.68. The Bertz CT molecular complexity index is 819. The molecule has 1 aliphatic heterocycles.